The highest BCUT2D eigenvalue weighted by Crippen LogP contribution is 2.41. The highest BCUT2D eigenvalue weighted by Gasteiger charge is 2.42. The van der Waals surface area contributed by atoms with E-state index >= 15 is 0 Å². The molecule has 0 aliphatic heterocycles. The molecule has 0 bridgehead atoms. The number of benzene rings is 1. The molecule has 2 heteroatoms. The Morgan fingerprint density at radius 3 is 2.06 bits per heavy atom. The van der Waals surface area contributed by atoms with Gasteiger partial charge >= 0.3 is 5.97 Å². The molecule has 88 valence electrons. The summed E-state index contributed by atoms with van der Waals surface area (Å²) >= 11 is 0. The zero-order valence-electron chi connectivity index (χ0n) is 10.1. The van der Waals surface area contributed by atoms with Gasteiger partial charge in [-0.05, 0) is 18.4 Å². The van der Waals surface area contributed by atoms with E-state index in [0.29, 0.717) is 0 Å². The van der Waals surface area contributed by atoms with Crippen molar-refractivity contribution in [3.05, 3.63) is 35.9 Å². The quantitative estimate of drug-likeness (QED) is 0.826. The molecule has 1 aromatic carbocycles. The first-order chi connectivity index (χ1) is 7.76. The third-order valence-corrected chi connectivity index (χ3v) is 3.19. The summed E-state index contributed by atoms with van der Waals surface area (Å²) in [7, 11) is 0. The van der Waals surface area contributed by atoms with Crippen LogP contribution in [0.25, 0.3) is 0 Å². The van der Waals surface area contributed by atoms with Gasteiger partial charge in [-0.3, -0.25) is 4.79 Å². The van der Waals surface area contributed by atoms with Crippen LogP contribution in [-0.4, -0.2) is 11.1 Å². The Hall–Kier alpha value is -1.31. The molecule has 0 unspecified atom stereocenters. The van der Waals surface area contributed by atoms with Crippen molar-refractivity contribution in [2.45, 2.75) is 44.9 Å². The van der Waals surface area contributed by atoms with Crippen LogP contribution in [0.2, 0.25) is 0 Å². The molecular formula is C14H20O2. The van der Waals surface area contributed by atoms with E-state index < -0.39 is 11.4 Å². The van der Waals surface area contributed by atoms with Crippen molar-refractivity contribution in [1.82, 2.24) is 0 Å². The Balaban J connectivity index is 0.000000606. The molecule has 1 saturated carbocycles. The maximum atomic E-state index is 11.3. The van der Waals surface area contributed by atoms with Crippen molar-refractivity contribution in [1.29, 1.82) is 0 Å². The second-order valence-corrected chi connectivity index (χ2v) is 3.96. The van der Waals surface area contributed by atoms with Gasteiger partial charge < -0.3 is 5.11 Å². The maximum Gasteiger partial charge on any atom is 0.314 e. The van der Waals surface area contributed by atoms with Gasteiger partial charge in [-0.25, -0.2) is 0 Å². The highest BCUT2D eigenvalue weighted by atomic mass is 16.4. The summed E-state index contributed by atoms with van der Waals surface area (Å²) in [4.78, 5) is 11.3. The van der Waals surface area contributed by atoms with Gasteiger partial charge in [-0.2, -0.15) is 0 Å². The number of carbonyl (C=O) groups is 1. The van der Waals surface area contributed by atoms with Crippen molar-refractivity contribution in [2.24, 2.45) is 0 Å². The van der Waals surface area contributed by atoms with Crippen LogP contribution in [0, 0.1) is 0 Å². The number of carboxylic acids is 1. The Labute approximate surface area is 97.3 Å². The van der Waals surface area contributed by atoms with E-state index in [1.807, 2.05) is 44.2 Å². The zero-order chi connectivity index (χ0) is 12.0. The number of hydrogen-bond donors (Lipinski definition) is 1. The molecule has 0 radical (unpaired) electrons. The number of carboxylic acid groups (broad SMARTS) is 1. The average Bonchev–Trinajstić information content (AvgIpc) is 2.83. The highest BCUT2D eigenvalue weighted by molar-refractivity contribution is 5.81. The topological polar surface area (TPSA) is 37.3 Å². The van der Waals surface area contributed by atoms with Gasteiger partial charge in [0.05, 0.1) is 5.41 Å². The lowest BCUT2D eigenvalue weighted by atomic mass is 9.79. The SMILES string of the molecule is CC.O=C(O)C1(c2ccccc2)CCCC1. The van der Waals surface area contributed by atoms with Crippen LogP contribution in [-0.2, 0) is 10.2 Å². The van der Waals surface area contributed by atoms with Crippen LogP contribution in [0.5, 0.6) is 0 Å². The van der Waals surface area contributed by atoms with Crippen LogP contribution in [0.4, 0.5) is 0 Å². The molecule has 0 atom stereocenters. The van der Waals surface area contributed by atoms with E-state index in [2.05, 4.69) is 0 Å². The molecule has 16 heavy (non-hydrogen) atoms. The number of rotatable bonds is 2. The van der Waals surface area contributed by atoms with Crippen molar-refractivity contribution >= 4 is 5.97 Å². The third kappa shape index (κ3) is 2.26. The molecule has 0 spiro atoms. The minimum atomic E-state index is -0.666. The van der Waals surface area contributed by atoms with Crippen LogP contribution in [0.15, 0.2) is 30.3 Å². The lowest BCUT2D eigenvalue weighted by Crippen LogP contribution is -2.32. The summed E-state index contributed by atoms with van der Waals surface area (Å²) in [5, 5.41) is 9.32. The Morgan fingerprint density at radius 2 is 1.62 bits per heavy atom. The number of hydrogen-bond acceptors (Lipinski definition) is 1. The van der Waals surface area contributed by atoms with Gasteiger partial charge in [0.15, 0.2) is 0 Å². The van der Waals surface area contributed by atoms with Crippen LogP contribution < -0.4 is 0 Å². The van der Waals surface area contributed by atoms with E-state index in [-0.39, 0.29) is 0 Å². The first-order valence-corrected chi connectivity index (χ1v) is 6.05. The monoisotopic (exact) mass is 220 g/mol. The second-order valence-electron chi connectivity index (χ2n) is 3.96. The fraction of sp³-hybridized carbons (Fsp3) is 0.500. The Morgan fingerprint density at radius 1 is 1.12 bits per heavy atom. The smallest absolute Gasteiger partial charge is 0.314 e. The lowest BCUT2D eigenvalue weighted by Gasteiger charge is -2.24. The summed E-state index contributed by atoms with van der Waals surface area (Å²) in [6.07, 6.45) is 3.63. The standard InChI is InChI=1S/C12H14O2.C2H6/c13-11(14)12(8-4-5-9-12)10-6-2-1-3-7-10;1-2/h1-3,6-7H,4-5,8-9H2,(H,13,14);1-2H3. The predicted molar refractivity (Wildman–Crippen MR) is 65.6 cm³/mol. The van der Waals surface area contributed by atoms with Gasteiger partial charge in [-0.1, -0.05) is 57.0 Å². The minimum Gasteiger partial charge on any atom is -0.481 e. The molecule has 0 amide bonds. The third-order valence-electron chi connectivity index (χ3n) is 3.19. The fourth-order valence-corrected chi connectivity index (χ4v) is 2.36. The van der Waals surface area contributed by atoms with E-state index in [1.165, 1.54) is 0 Å². The molecule has 1 aliphatic carbocycles. The molecule has 1 N–H and O–H groups in total. The largest absolute Gasteiger partial charge is 0.481 e. The lowest BCUT2D eigenvalue weighted by molar-refractivity contribution is -0.143. The van der Waals surface area contributed by atoms with Crippen molar-refractivity contribution < 1.29 is 9.90 Å². The molecule has 2 nitrogen and oxygen atoms in total. The molecule has 2 rings (SSSR count). The van der Waals surface area contributed by atoms with Crippen LogP contribution in [0.3, 0.4) is 0 Å². The fourth-order valence-electron chi connectivity index (χ4n) is 2.36. The second kappa shape index (κ2) is 5.69. The first-order valence-electron chi connectivity index (χ1n) is 6.05. The molecular weight excluding hydrogens is 200 g/mol. The van der Waals surface area contributed by atoms with Crippen molar-refractivity contribution in [3.8, 4) is 0 Å². The summed E-state index contributed by atoms with van der Waals surface area (Å²) in [5.74, 6) is -0.666. The molecule has 0 heterocycles. The summed E-state index contributed by atoms with van der Waals surface area (Å²) < 4.78 is 0. The summed E-state index contributed by atoms with van der Waals surface area (Å²) in [5.41, 5.74) is 0.367. The molecule has 0 saturated heterocycles. The van der Waals surface area contributed by atoms with Gasteiger partial charge in [0.25, 0.3) is 0 Å². The van der Waals surface area contributed by atoms with Gasteiger partial charge in [-0.15, -0.1) is 0 Å². The molecule has 1 fully saturated rings. The first kappa shape index (κ1) is 12.8. The predicted octanol–water partition coefficient (Wildman–Crippen LogP) is 3.61. The van der Waals surface area contributed by atoms with Gasteiger partial charge in [0.1, 0.15) is 0 Å². The van der Waals surface area contributed by atoms with Crippen molar-refractivity contribution in [2.75, 3.05) is 0 Å². The van der Waals surface area contributed by atoms with Crippen molar-refractivity contribution in [3.63, 3.8) is 0 Å². The van der Waals surface area contributed by atoms with E-state index in [4.69, 9.17) is 0 Å². The van der Waals surface area contributed by atoms with Gasteiger partial charge in [0, 0.05) is 0 Å². The van der Waals surface area contributed by atoms with Crippen LogP contribution in [0.1, 0.15) is 45.1 Å². The van der Waals surface area contributed by atoms with Crippen LogP contribution >= 0.6 is 0 Å². The van der Waals surface area contributed by atoms with E-state index in [1.54, 1.807) is 0 Å². The number of aliphatic carboxylic acids is 1. The Kier molecular flexibility index (Phi) is 4.53. The maximum absolute atomic E-state index is 11.3. The summed E-state index contributed by atoms with van der Waals surface area (Å²) in [6.45, 7) is 4.00. The van der Waals surface area contributed by atoms with E-state index in [9.17, 15) is 9.90 Å². The molecule has 1 aromatic rings. The normalized spacial score (nSPS) is 17.4. The Bertz CT molecular complexity index is 324. The van der Waals surface area contributed by atoms with Gasteiger partial charge in [0.2, 0.25) is 0 Å². The zero-order valence-corrected chi connectivity index (χ0v) is 10.1. The molecule has 1 aliphatic rings. The van der Waals surface area contributed by atoms with E-state index in [0.717, 1.165) is 31.2 Å². The molecule has 0 aromatic heterocycles. The average molecular weight is 220 g/mol. The summed E-state index contributed by atoms with van der Waals surface area (Å²) in [6, 6.07) is 9.61. The minimum absolute atomic E-state index is 0.596.